The summed E-state index contributed by atoms with van der Waals surface area (Å²) in [5, 5.41) is 7.79. The van der Waals surface area contributed by atoms with Gasteiger partial charge in [-0.2, -0.15) is 12.8 Å². The fourth-order valence-electron chi connectivity index (χ4n) is 1.40. The molecule has 0 atom stereocenters. The van der Waals surface area contributed by atoms with E-state index in [1.807, 2.05) is 0 Å². The van der Waals surface area contributed by atoms with Gasteiger partial charge in [0.05, 0.1) is 0 Å². The summed E-state index contributed by atoms with van der Waals surface area (Å²) in [6.45, 7) is 3.89. The van der Waals surface area contributed by atoms with E-state index in [2.05, 4.69) is 17.2 Å². The molecule has 0 amide bonds. The van der Waals surface area contributed by atoms with Gasteiger partial charge in [-0.15, -0.1) is 0 Å². The Kier molecular flexibility index (Phi) is 17.4. The Morgan fingerprint density at radius 2 is 1.50 bits per heavy atom. The minimum absolute atomic E-state index is 0. The van der Waals surface area contributed by atoms with Gasteiger partial charge in [-0.1, -0.05) is 18.5 Å². The fourth-order valence-corrected chi connectivity index (χ4v) is 1.40. The van der Waals surface area contributed by atoms with E-state index < -0.39 is 0 Å². The van der Waals surface area contributed by atoms with Gasteiger partial charge >= 0.3 is 0 Å². The Bertz CT molecular complexity index is 164. The zero-order valence-electron chi connectivity index (χ0n) is 7.95. The second kappa shape index (κ2) is 9.84. The van der Waals surface area contributed by atoms with Gasteiger partial charge in [0.15, 0.2) is 0 Å². The van der Waals surface area contributed by atoms with E-state index in [0.717, 1.165) is 0 Å². The molecule has 1 aliphatic heterocycles. The van der Waals surface area contributed by atoms with Gasteiger partial charge in [0.25, 0.3) is 0 Å². The van der Waals surface area contributed by atoms with Crippen LogP contribution >= 0.6 is 0 Å². The predicted molar refractivity (Wildman–Crippen MR) is 34.7 cm³/mol. The van der Waals surface area contributed by atoms with E-state index in [9.17, 15) is 0 Å². The fraction of sp³-hybridized carbons (Fsp3) is 0.714. The first-order valence-corrected chi connectivity index (χ1v) is 3.46. The van der Waals surface area contributed by atoms with Crippen LogP contribution in [-0.2, 0) is 92.8 Å². The van der Waals surface area contributed by atoms with Crippen LogP contribution in [0, 0.1) is 12.8 Å². The summed E-state index contributed by atoms with van der Waals surface area (Å²) in [6, 6.07) is 0. The van der Waals surface area contributed by atoms with Crippen molar-refractivity contribution < 1.29 is 92.8 Å². The topological polar surface area (TPSA) is 24.7 Å². The number of nitrogens with zero attached hydrogens (tertiary/aromatic N) is 2. The van der Waals surface area contributed by atoms with E-state index in [4.69, 9.17) is 0 Å². The monoisotopic (exact) mass is 900 g/mol. The molecule has 14 heavy (non-hydrogen) atoms. The minimum Gasteiger partial charge on any atom is -0.322 e. The van der Waals surface area contributed by atoms with Gasteiger partial charge in [0.2, 0.25) is 0 Å². The molecule has 1 heterocycles. The van der Waals surface area contributed by atoms with Crippen molar-refractivity contribution in [3.8, 4) is 0 Å². The first-order valence-electron chi connectivity index (χ1n) is 3.46. The second-order valence-corrected chi connectivity index (χ2v) is 2.83. The average molecular weight is 899 g/mol. The summed E-state index contributed by atoms with van der Waals surface area (Å²) in [7, 11) is 0. The molecule has 7 heteroatoms. The van der Waals surface area contributed by atoms with Crippen molar-refractivity contribution in [3.63, 3.8) is 0 Å². The van der Waals surface area contributed by atoms with Gasteiger partial charge < -0.3 is 6.92 Å². The quantitative estimate of drug-likeness (QED) is 0.361. The smallest absolute Gasteiger partial charge is 0 e. The standard InChI is InChI=1S/C7H10N2.Re.Rf.V.W.Y/c1-7(8-9-7)6-4-2-3-5-6;;;;;/h1-5H2;;;;;/q-2;;;;;. The van der Waals surface area contributed by atoms with Gasteiger partial charge in [0, 0.05) is 92.8 Å². The molecule has 0 saturated heterocycles. The van der Waals surface area contributed by atoms with E-state index in [1.54, 1.807) is 0 Å². The Labute approximate surface area is 145 Å². The van der Waals surface area contributed by atoms with E-state index in [1.165, 1.54) is 31.6 Å². The molecule has 0 N–H and O–H groups in total. The molecule has 0 aromatic carbocycles. The number of hydrogen-bond acceptors (Lipinski definition) is 2. The second-order valence-electron chi connectivity index (χ2n) is 2.83. The van der Waals surface area contributed by atoms with E-state index in [0.29, 0.717) is 0 Å². The third-order valence-corrected chi connectivity index (χ3v) is 2.11. The predicted octanol–water partition coefficient (Wildman–Crippen LogP) is 2.12. The first-order chi connectivity index (χ1) is 4.31. The van der Waals surface area contributed by atoms with Crippen molar-refractivity contribution in [1.82, 2.24) is 0 Å². The van der Waals surface area contributed by atoms with Crippen LogP contribution in [0.25, 0.3) is 0 Å². The molecule has 2 rings (SSSR count). The van der Waals surface area contributed by atoms with Crippen LogP contribution in [0.15, 0.2) is 10.2 Å². The maximum atomic E-state index is 3.89. The minimum atomic E-state index is -0.253. The third kappa shape index (κ3) is 5.65. The largest absolute Gasteiger partial charge is 0.322 e. The molecule has 0 aromatic heterocycles. The van der Waals surface area contributed by atoms with Crippen LogP contribution in [0.3, 0.4) is 0 Å². The van der Waals surface area contributed by atoms with Crippen LogP contribution in [0.2, 0.25) is 0 Å². The van der Waals surface area contributed by atoms with Crippen LogP contribution < -0.4 is 0 Å². The molecule has 0 spiro atoms. The Hall–Kier alpha value is 1.64. The van der Waals surface area contributed by atoms with Crippen molar-refractivity contribution in [2.24, 2.45) is 10.2 Å². The molecule has 2 nitrogen and oxygen atoms in total. The van der Waals surface area contributed by atoms with Crippen molar-refractivity contribution in [1.29, 1.82) is 0 Å². The summed E-state index contributed by atoms with van der Waals surface area (Å²) in [5.74, 6) is 1.45. The number of hydrogen-bond donors (Lipinski definition) is 0. The first kappa shape index (κ1) is 24.7. The van der Waals surface area contributed by atoms with E-state index in [-0.39, 0.29) is 98.4 Å². The van der Waals surface area contributed by atoms with Gasteiger partial charge in [-0.05, 0) is 0 Å². The summed E-state index contributed by atoms with van der Waals surface area (Å²) >= 11 is 0. The van der Waals surface area contributed by atoms with Crippen LogP contribution in [-0.4, -0.2) is 5.66 Å². The molecule has 3 radical (unpaired) electrons. The summed E-state index contributed by atoms with van der Waals surface area (Å²) < 4.78 is 0. The molecule has 1 fully saturated rings. The molecular formula is C7H10N2ReRfVWY-2. The molecule has 1 aliphatic carbocycles. The summed E-state index contributed by atoms with van der Waals surface area (Å²) in [5.41, 5.74) is -0.253. The Balaban J connectivity index is -0.0000001000. The van der Waals surface area contributed by atoms with Gasteiger partial charge in [-0.3, -0.25) is 5.92 Å². The van der Waals surface area contributed by atoms with E-state index >= 15 is 0 Å². The zero-order valence-corrected chi connectivity index (χ0v) is 24.2. The third-order valence-electron chi connectivity index (χ3n) is 2.11. The average Bonchev–Trinajstić information content (AvgIpc) is 2.46. The maximum absolute atomic E-state index is 3.89. The summed E-state index contributed by atoms with van der Waals surface area (Å²) in [6.07, 6.45) is 5.04. The van der Waals surface area contributed by atoms with Crippen molar-refractivity contribution in [2.45, 2.75) is 31.3 Å². The molecule has 1 saturated carbocycles. The Morgan fingerprint density at radius 1 is 1.14 bits per heavy atom. The summed E-state index contributed by atoms with van der Waals surface area (Å²) in [4.78, 5) is 0. The van der Waals surface area contributed by atoms with Crippen molar-refractivity contribution in [2.75, 3.05) is 0 Å². The molecule has 2 aliphatic rings. The SMILES string of the molecule is [CH2-]C1([C-]2CCCC2)N=N1.[Re].[Rf].[V].[W].[Y]. The Morgan fingerprint density at radius 3 is 1.79 bits per heavy atom. The molecule has 0 bridgehead atoms. The van der Waals surface area contributed by atoms with Gasteiger partial charge in [0.1, 0.15) is 0 Å². The molecule has 0 unspecified atom stereocenters. The van der Waals surface area contributed by atoms with Crippen LogP contribution in [0.1, 0.15) is 25.7 Å². The number of rotatable bonds is 1. The molecular weight excluding hydrogens is 889 g/mol. The van der Waals surface area contributed by atoms with Crippen LogP contribution in [0.4, 0.5) is 0 Å². The normalized spacial score (nSPS) is 20.1. The molecule has 73 valence electrons. The van der Waals surface area contributed by atoms with Crippen LogP contribution in [0.5, 0.6) is 0 Å². The van der Waals surface area contributed by atoms with Gasteiger partial charge in [-0.25, -0.2) is 10.2 Å². The van der Waals surface area contributed by atoms with Crippen molar-refractivity contribution in [3.05, 3.63) is 12.8 Å². The maximum Gasteiger partial charge on any atom is 0 e. The van der Waals surface area contributed by atoms with Crippen molar-refractivity contribution >= 4 is 0 Å². The zero-order chi connectivity index (χ0) is 6.32. The molecule has 0 aromatic rings.